The van der Waals surface area contributed by atoms with Crippen molar-refractivity contribution < 1.29 is 23.8 Å². The van der Waals surface area contributed by atoms with Gasteiger partial charge in [-0.25, -0.2) is 4.79 Å². The van der Waals surface area contributed by atoms with Crippen LogP contribution in [0.3, 0.4) is 0 Å². The summed E-state index contributed by atoms with van der Waals surface area (Å²) < 4.78 is 16.1. The van der Waals surface area contributed by atoms with E-state index in [0.717, 1.165) is 16.8 Å². The van der Waals surface area contributed by atoms with Crippen LogP contribution >= 0.6 is 0 Å². The second-order valence-electron chi connectivity index (χ2n) is 6.93. The van der Waals surface area contributed by atoms with Gasteiger partial charge in [0.1, 0.15) is 0 Å². The van der Waals surface area contributed by atoms with E-state index in [0.29, 0.717) is 36.0 Å². The molecule has 1 amide bonds. The predicted molar refractivity (Wildman–Crippen MR) is 119 cm³/mol. The molecule has 1 aliphatic heterocycles. The average Bonchev–Trinajstić information content (AvgIpc) is 3.02. The Morgan fingerprint density at radius 1 is 1.03 bits per heavy atom. The second-order valence-corrected chi connectivity index (χ2v) is 6.93. The van der Waals surface area contributed by atoms with Crippen LogP contribution in [0.25, 0.3) is 6.08 Å². The summed E-state index contributed by atoms with van der Waals surface area (Å²) in [4.78, 5) is 24.6. The van der Waals surface area contributed by atoms with Crippen molar-refractivity contribution in [1.82, 2.24) is 0 Å². The van der Waals surface area contributed by atoms with Crippen LogP contribution in [0.15, 0.2) is 53.1 Å². The minimum Gasteiger partial charge on any atom is -0.490 e. The van der Waals surface area contributed by atoms with E-state index < -0.39 is 5.97 Å². The zero-order chi connectivity index (χ0) is 22.4. The van der Waals surface area contributed by atoms with Crippen LogP contribution in [0.1, 0.15) is 31.9 Å². The highest BCUT2D eigenvalue weighted by atomic mass is 16.6. The molecule has 0 aromatic heterocycles. The van der Waals surface area contributed by atoms with Crippen molar-refractivity contribution >= 4 is 29.4 Å². The van der Waals surface area contributed by atoms with E-state index >= 15 is 0 Å². The molecule has 0 saturated heterocycles. The Balaban J connectivity index is 1.84. The molecule has 1 aliphatic rings. The topological polar surface area (TPSA) is 77.4 Å². The molecule has 0 aliphatic carbocycles. The van der Waals surface area contributed by atoms with Gasteiger partial charge in [-0.3, -0.25) is 4.79 Å². The third-order valence-corrected chi connectivity index (χ3v) is 4.54. The van der Waals surface area contributed by atoms with E-state index in [2.05, 4.69) is 5.10 Å². The molecule has 162 valence electrons. The van der Waals surface area contributed by atoms with Crippen LogP contribution < -0.4 is 14.5 Å². The summed E-state index contributed by atoms with van der Waals surface area (Å²) in [5.41, 5.74) is 3.67. The number of hydrogen-bond acceptors (Lipinski definition) is 6. The van der Waals surface area contributed by atoms with E-state index in [4.69, 9.17) is 14.2 Å². The molecule has 0 unspecified atom stereocenters. The summed E-state index contributed by atoms with van der Waals surface area (Å²) in [6, 6.07) is 12.9. The van der Waals surface area contributed by atoms with Crippen LogP contribution in [-0.4, -0.2) is 37.4 Å². The number of hydrazone groups is 1. The molecule has 7 nitrogen and oxygen atoms in total. The summed E-state index contributed by atoms with van der Waals surface area (Å²) in [7, 11) is 0. The minimum atomic E-state index is -0.448. The maximum absolute atomic E-state index is 13.0. The number of nitrogens with zero attached hydrogens (tertiary/aromatic N) is 2. The maximum Gasteiger partial charge on any atom is 0.344 e. The lowest BCUT2D eigenvalue weighted by Crippen LogP contribution is -2.21. The van der Waals surface area contributed by atoms with E-state index in [1.165, 1.54) is 5.01 Å². The molecule has 0 bridgehead atoms. The molecule has 2 aromatic carbocycles. The van der Waals surface area contributed by atoms with Crippen molar-refractivity contribution in [3.05, 3.63) is 59.2 Å². The number of esters is 1. The number of rotatable bonds is 8. The Kier molecular flexibility index (Phi) is 7.07. The van der Waals surface area contributed by atoms with Crippen molar-refractivity contribution in [3.8, 4) is 11.5 Å². The summed E-state index contributed by atoms with van der Waals surface area (Å²) in [5, 5.41) is 5.84. The Morgan fingerprint density at radius 3 is 2.55 bits per heavy atom. The van der Waals surface area contributed by atoms with Crippen molar-refractivity contribution in [3.63, 3.8) is 0 Å². The van der Waals surface area contributed by atoms with Gasteiger partial charge in [0.15, 0.2) is 18.1 Å². The number of amides is 1. The SMILES string of the molecule is CCOC(=O)COc1ccc(/C=C2/C(=O)N(c3cccc(C)c3)N=C2C)cc1OCC. The fourth-order valence-corrected chi connectivity index (χ4v) is 3.13. The van der Waals surface area contributed by atoms with E-state index in [1.54, 1.807) is 38.1 Å². The lowest BCUT2D eigenvalue weighted by molar-refractivity contribution is -0.145. The fraction of sp³-hybridized carbons (Fsp3) is 0.292. The normalized spacial score (nSPS) is 14.6. The number of ether oxygens (including phenoxy) is 3. The molecule has 7 heteroatoms. The number of anilines is 1. The Hall–Kier alpha value is -3.61. The Morgan fingerprint density at radius 2 is 1.84 bits per heavy atom. The van der Waals surface area contributed by atoms with Crippen molar-refractivity contribution in [2.45, 2.75) is 27.7 Å². The molecular weight excluding hydrogens is 396 g/mol. The van der Waals surface area contributed by atoms with Gasteiger partial charge in [0.05, 0.1) is 30.2 Å². The van der Waals surface area contributed by atoms with Gasteiger partial charge in [-0.15, -0.1) is 0 Å². The molecule has 0 fully saturated rings. The summed E-state index contributed by atoms with van der Waals surface area (Å²) in [5.74, 6) is 0.276. The van der Waals surface area contributed by atoms with Gasteiger partial charge in [-0.05, 0) is 69.2 Å². The van der Waals surface area contributed by atoms with Gasteiger partial charge < -0.3 is 14.2 Å². The van der Waals surface area contributed by atoms with Crippen molar-refractivity contribution in [1.29, 1.82) is 0 Å². The largest absolute Gasteiger partial charge is 0.490 e. The minimum absolute atomic E-state index is 0.191. The average molecular weight is 422 g/mol. The summed E-state index contributed by atoms with van der Waals surface area (Å²) >= 11 is 0. The van der Waals surface area contributed by atoms with Crippen molar-refractivity contribution in [2.75, 3.05) is 24.8 Å². The third-order valence-electron chi connectivity index (χ3n) is 4.54. The quantitative estimate of drug-likeness (QED) is 0.472. The predicted octanol–water partition coefficient (Wildman–Crippen LogP) is 4.14. The third kappa shape index (κ3) is 5.31. The number of aryl methyl sites for hydroxylation is 1. The van der Waals surface area contributed by atoms with Gasteiger partial charge >= 0.3 is 5.97 Å². The maximum atomic E-state index is 13.0. The van der Waals surface area contributed by atoms with Gasteiger partial charge in [-0.1, -0.05) is 18.2 Å². The summed E-state index contributed by atoms with van der Waals surface area (Å²) in [6.45, 7) is 7.89. The highest BCUT2D eigenvalue weighted by molar-refractivity contribution is 6.32. The van der Waals surface area contributed by atoms with Gasteiger partial charge in [-0.2, -0.15) is 10.1 Å². The number of carbonyl (C=O) groups excluding carboxylic acids is 2. The molecular formula is C24H26N2O5. The Labute approximate surface area is 181 Å². The van der Waals surface area contributed by atoms with E-state index in [-0.39, 0.29) is 12.5 Å². The lowest BCUT2D eigenvalue weighted by atomic mass is 10.1. The number of hydrogen-bond donors (Lipinski definition) is 0. The van der Waals surface area contributed by atoms with Gasteiger partial charge in [0, 0.05) is 0 Å². The highest BCUT2D eigenvalue weighted by Crippen LogP contribution is 2.31. The standard InChI is InChI=1S/C24H26N2O5/c1-5-29-22-14-18(10-11-21(22)31-15-23(27)30-6-2)13-20-17(4)25-26(24(20)28)19-9-7-8-16(3)12-19/h7-14H,5-6,15H2,1-4H3/b20-13+. The number of carbonyl (C=O) groups is 2. The van der Waals surface area contributed by atoms with Crippen LogP contribution in [0.5, 0.6) is 11.5 Å². The molecule has 0 atom stereocenters. The first-order valence-electron chi connectivity index (χ1n) is 10.2. The molecule has 2 aromatic rings. The second kappa shape index (κ2) is 9.93. The molecule has 0 spiro atoms. The fourth-order valence-electron chi connectivity index (χ4n) is 3.13. The van der Waals surface area contributed by atoms with Crippen LogP contribution in [0.4, 0.5) is 5.69 Å². The highest BCUT2D eigenvalue weighted by Gasteiger charge is 2.28. The molecule has 0 saturated carbocycles. The molecule has 3 rings (SSSR count). The van der Waals surface area contributed by atoms with Gasteiger partial charge in [0.2, 0.25) is 0 Å². The monoisotopic (exact) mass is 422 g/mol. The van der Waals surface area contributed by atoms with Gasteiger partial charge in [0.25, 0.3) is 5.91 Å². The zero-order valence-corrected chi connectivity index (χ0v) is 18.2. The molecule has 0 radical (unpaired) electrons. The molecule has 0 N–H and O–H groups in total. The number of benzene rings is 2. The molecule has 1 heterocycles. The first-order valence-corrected chi connectivity index (χ1v) is 10.2. The van der Waals surface area contributed by atoms with Crippen LogP contribution in [0, 0.1) is 6.92 Å². The zero-order valence-electron chi connectivity index (χ0n) is 18.2. The van der Waals surface area contributed by atoms with E-state index in [9.17, 15) is 9.59 Å². The lowest BCUT2D eigenvalue weighted by Gasteiger charge is -2.13. The first kappa shape index (κ1) is 22.1. The molecule has 31 heavy (non-hydrogen) atoms. The first-order chi connectivity index (χ1) is 14.9. The summed E-state index contributed by atoms with van der Waals surface area (Å²) in [6.07, 6.45) is 1.77. The van der Waals surface area contributed by atoms with Crippen molar-refractivity contribution in [2.24, 2.45) is 5.10 Å². The van der Waals surface area contributed by atoms with Crippen LogP contribution in [0.2, 0.25) is 0 Å². The van der Waals surface area contributed by atoms with E-state index in [1.807, 2.05) is 38.1 Å². The van der Waals surface area contributed by atoms with Crippen LogP contribution in [-0.2, 0) is 14.3 Å². The Bertz CT molecular complexity index is 1040. The smallest absolute Gasteiger partial charge is 0.344 e.